The second-order valence-electron chi connectivity index (χ2n) is 3.88. The lowest BCUT2D eigenvalue weighted by molar-refractivity contribution is 0.0999. The van der Waals surface area contributed by atoms with E-state index in [4.69, 9.17) is 5.73 Å². The monoisotopic (exact) mass is 229 g/mol. The summed E-state index contributed by atoms with van der Waals surface area (Å²) < 4.78 is 2.07. The number of nitrogens with zero attached hydrogens (tertiary/aromatic N) is 2. The Bertz CT molecular complexity index is 543. The Morgan fingerprint density at radius 3 is 2.82 bits per heavy atom. The van der Waals surface area contributed by atoms with Crippen LogP contribution in [-0.2, 0) is 6.54 Å². The molecule has 17 heavy (non-hydrogen) atoms. The molecule has 4 heteroatoms. The van der Waals surface area contributed by atoms with Gasteiger partial charge >= 0.3 is 0 Å². The lowest BCUT2D eigenvalue weighted by Gasteiger charge is -2.08. The molecule has 0 bridgehead atoms. The average Bonchev–Trinajstić information content (AvgIpc) is 2.67. The normalized spacial score (nSPS) is 10.5. The number of amides is 1. The molecule has 1 amide bonds. The van der Waals surface area contributed by atoms with E-state index in [1.165, 1.54) is 0 Å². The Morgan fingerprint density at radius 2 is 2.29 bits per heavy atom. The SMILES string of the molecule is CCn1c(-c2cccnc2)cc(C(N)=O)c1C. The summed E-state index contributed by atoms with van der Waals surface area (Å²) in [5.74, 6) is -0.389. The number of carbonyl (C=O) groups is 1. The summed E-state index contributed by atoms with van der Waals surface area (Å²) in [6.07, 6.45) is 3.51. The van der Waals surface area contributed by atoms with E-state index in [1.54, 1.807) is 12.4 Å². The van der Waals surface area contributed by atoms with Gasteiger partial charge in [0.15, 0.2) is 0 Å². The Morgan fingerprint density at radius 1 is 1.53 bits per heavy atom. The number of hydrogen-bond acceptors (Lipinski definition) is 2. The quantitative estimate of drug-likeness (QED) is 0.874. The van der Waals surface area contributed by atoms with Crippen molar-refractivity contribution < 1.29 is 4.79 Å². The first-order chi connectivity index (χ1) is 8.15. The van der Waals surface area contributed by atoms with Gasteiger partial charge in [0.2, 0.25) is 0 Å². The van der Waals surface area contributed by atoms with Crippen LogP contribution in [0.1, 0.15) is 23.0 Å². The molecule has 88 valence electrons. The van der Waals surface area contributed by atoms with E-state index in [0.29, 0.717) is 5.56 Å². The number of nitrogens with two attached hydrogens (primary N) is 1. The van der Waals surface area contributed by atoms with Gasteiger partial charge in [0.05, 0.1) is 11.3 Å². The van der Waals surface area contributed by atoms with Gasteiger partial charge in [-0.1, -0.05) is 0 Å². The van der Waals surface area contributed by atoms with E-state index in [-0.39, 0.29) is 5.91 Å². The Kier molecular flexibility index (Phi) is 2.95. The molecule has 0 atom stereocenters. The molecule has 0 aromatic carbocycles. The lowest BCUT2D eigenvalue weighted by Crippen LogP contribution is -2.12. The van der Waals surface area contributed by atoms with Crippen LogP contribution in [-0.4, -0.2) is 15.5 Å². The molecule has 0 aliphatic rings. The molecule has 2 aromatic rings. The van der Waals surface area contributed by atoms with Crippen LogP contribution in [0.5, 0.6) is 0 Å². The molecular formula is C13H15N3O. The molecular weight excluding hydrogens is 214 g/mol. The largest absolute Gasteiger partial charge is 0.366 e. The summed E-state index contributed by atoms with van der Waals surface area (Å²) >= 11 is 0. The van der Waals surface area contributed by atoms with Gasteiger partial charge in [-0.15, -0.1) is 0 Å². The number of aromatic nitrogens is 2. The maximum absolute atomic E-state index is 11.3. The fraction of sp³-hybridized carbons (Fsp3) is 0.231. The number of carbonyl (C=O) groups excluding carboxylic acids is 1. The standard InChI is InChI=1S/C13H15N3O/c1-3-16-9(2)11(13(14)17)7-12(16)10-5-4-6-15-8-10/h4-8H,3H2,1-2H3,(H2,14,17). The highest BCUT2D eigenvalue weighted by atomic mass is 16.1. The van der Waals surface area contributed by atoms with E-state index in [1.807, 2.05) is 32.0 Å². The zero-order chi connectivity index (χ0) is 12.4. The maximum atomic E-state index is 11.3. The summed E-state index contributed by atoms with van der Waals surface area (Å²) in [6, 6.07) is 5.68. The van der Waals surface area contributed by atoms with Gasteiger partial charge < -0.3 is 10.3 Å². The first kappa shape index (κ1) is 11.4. The highest BCUT2D eigenvalue weighted by molar-refractivity contribution is 5.95. The minimum absolute atomic E-state index is 0.389. The molecule has 0 saturated carbocycles. The van der Waals surface area contributed by atoms with E-state index >= 15 is 0 Å². The fourth-order valence-corrected chi connectivity index (χ4v) is 2.06. The number of rotatable bonds is 3. The van der Waals surface area contributed by atoms with Crippen LogP contribution < -0.4 is 5.73 Å². The van der Waals surface area contributed by atoms with E-state index in [9.17, 15) is 4.79 Å². The van der Waals surface area contributed by atoms with Crippen LogP contribution in [0.4, 0.5) is 0 Å². The molecule has 0 saturated heterocycles. The van der Waals surface area contributed by atoms with Crippen molar-refractivity contribution in [3.63, 3.8) is 0 Å². The minimum Gasteiger partial charge on any atom is -0.366 e. The van der Waals surface area contributed by atoms with Crippen molar-refractivity contribution in [3.05, 3.63) is 41.9 Å². The van der Waals surface area contributed by atoms with Crippen molar-refractivity contribution in [1.29, 1.82) is 0 Å². The maximum Gasteiger partial charge on any atom is 0.250 e. The Labute approximate surface area is 100 Å². The first-order valence-corrected chi connectivity index (χ1v) is 5.55. The van der Waals surface area contributed by atoms with Gasteiger partial charge in [0.1, 0.15) is 0 Å². The third-order valence-electron chi connectivity index (χ3n) is 2.91. The molecule has 2 aromatic heterocycles. The van der Waals surface area contributed by atoms with Crippen molar-refractivity contribution in [3.8, 4) is 11.3 Å². The number of pyridine rings is 1. The van der Waals surface area contributed by atoms with Gasteiger partial charge in [-0.2, -0.15) is 0 Å². The Hall–Kier alpha value is -2.10. The zero-order valence-electron chi connectivity index (χ0n) is 9.97. The molecule has 4 nitrogen and oxygen atoms in total. The highest BCUT2D eigenvalue weighted by Gasteiger charge is 2.15. The summed E-state index contributed by atoms with van der Waals surface area (Å²) in [5.41, 5.74) is 8.81. The topological polar surface area (TPSA) is 60.9 Å². The minimum atomic E-state index is -0.389. The van der Waals surface area contributed by atoms with E-state index < -0.39 is 0 Å². The second kappa shape index (κ2) is 4.41. The molecule has 0 unspecified atom stereocenters. The smallest absolute Gasteiger partial charge is 0.250 e. The molecule has 0 aliphatic heterocycles. The van der Waals surface area contributed by atoms with Gasteiger partial charge in [-0.3, -0.25) is 9.78 Å². The predicted octanol–water partition coefficient (Wildman–Crippen LogP) is 1.98. The van der Waals surface area contributed by atoms with Gasteiger partial charge in [0.25, 0.3) is 5.91 Å². The van der Waals surface area contributed by atoms with Crippen molar-refractivity contribution in [2.75, 3.05) is 0 Å². The predicted molar refractivity (Wildman–Crippen MR) is 66.6 cm³/mol. The van der Waals surface area contributed by atoms with Crippen molar-refractivity contribution in [2.24, 2.45) is 5.73 Å². The molecule has 2 rings (SSSR count). The molecule has 0 spiro atoms. The molecule has 2 heterocycles. The van der Waals surface area contributed by atoms with E-state index in [0.717, 1.165) is 23.5 Å². The fourth-order valence-electron chi connectivity index (χ4n) is 2.06. The molecule has 0 radical (unpaired) electrons. The molecule has 0 aliphatic carbocycles. The zero-order valence-corrected chi connectivity index (χ0v) is 9.97. The highest BCUT2D eigenvalue weighted by Crippen LogP contribution is 2.24. The summed E-state index contributed by atoms with van der Waals surface area (Å²) in [5, 5.41) is 0. The molecule has 0 fully saturated rings. The van der Waals surface area contributed by atoms with Crippen LogP contribution in [0.2, 0.25) is 0 Å². The van der Waals surface area contributed by atoms with Crippen LogP contribution >= 0.6 is 0 Å². The van der Waals surface area contributed by atoms with Crippen molar-refractivity contribution in [2.45, 2.75) is 20.4 Å². The number of hydrogen-bond donors (Lipinski definition) is 1. The van der Waals surface area contributed by atoms with Crippen LogP contribution in [0, 0.1) is 6.92 Å². The Balaban J connectivity index is 2.62. The van der Waals surface area contributed by atoms with Gasteiger partial charge in [0, 0.05) is 30.2 Å². The van der Waals surface area contributed by atoms with Gasteiger partial charge in [-0.25, -0.2) is 0 Å². The summed E-state index contributed by atoms with van der Waals surface area (Å²) in [7, 11) is 0. The number of primary amides is 1. The van der Waals surface area contributed by atoms with E-state index in [2.05, 4.69) is 9.55 Å². The second-order valence-corrected chi connectivity index (χ2v) is 3.88. The summed E-state index contributed by atoms with van der Waals surface area (Å²) in [6.45, 7) is 4.74. The summed E-state index contributed by atoms with van der Waals surface area (Å²) in [4.78, 5) is 15.4. The lowest BCUT2D eigenvalue weighted by atomic mass is 10.2. The van der Waals surface area contributed by atoms with Crippen LogP contribution in [0.25, 0.3) is 11.3 Å². The third kappa shape index (κ3) is 1.93. The third-order valence-corrected chi connectivity index (χ3v) is 2.91. The molecule has 2 N–H and O–H groups in total. The van der Waals surface area contributed by atoms with Crippen LogP contribution in [0.15, 0.2) is 30.6 Å². The van der Waals surface area contributed by atoms with Gasteiger partial charge in [-0.05, 0) is 32.0 Å². The first-order valence-electron chi connectivity index (χ1n) is 5.55. The van der Waals surface area contributed by atoms with Crippen LogP contribution in [0.3, 0.4) is 0 Å². The van der Waals surface area contributed by atoms with Crippen molar-refractivity contribution >= 4 is 5.91 Å². The average molecular weight is 229 g/mol. The van der Waals surface area contributed by atoms with Crippen molar-refractivity contribution in [1.82, 2.24) is 9.55 Å².